The van der Waals surface area contributed by atoms with E-state index >= 15 is 0 Å². The highest BCUT2D eigenvalue weighted by molar-refractivity contribution is 7.93. The summed E-state index contributed by atoms with van der Waals surface area (Å²) < 4.78 is 19.1. The van der Waals surface area contributed by atoms with E-state index < -0.39 is 17.4 Å². The number of Topliss-reactive ketones (excluding diaryl/α,β-unsaturated/α-hetero) is 1. The van der Waals surface area contributed by atoms with Gasteiger partial charge in [0.25, 0.3) is 0 Å². The number of phenolic OH excluding ortho intramolecular Hbond substituents is 1. The average Bonchev–Trinajstić information content (AvgIpc) is 2.52. The third-order valence-corrected chi connectivity index (χ3v) is 5.83. The van der Waals surface area contributed by atoms with Gasteiger partial charge in [0, 0.05) is 19.6 Å². The fourth-order valence-corrected chi connectivity index (χ4v) is 4.50. The van der Waals surface area contributed by atoms with E-state index in [1.165, 1.54) is 4.31 Å². The molecule has 1 unspecified atom stereocenters. The van der Waals surface area contributed by atoms with Crippen molar-refractivity contribution in [1.82, 2.24) is 4.90 Å². The largest absolute Gasteiger partial charge is 0.593 e. The number of ketones is 1. The Morgan fingerprint density at radius 2 is 2.12 bits per heavy atom. The Balaban J connectivity index is 1.80. The van der Waals surface area contributed by atoms with Crippen molar-refractivity contribution in [3.05, 3.63) is 23.3 Å². The van der Waals surface area contributed by atoms with Gasteiger partial charge in [-0.3, -0.25) is 9.69 Å². The van der Waals surface area contributed by atoms with Crippen LogP contribution in [0.25, 0.3) is 0 Å². The number of aromatic hydroxyl groups is 1. The first-order chi connectivity index (χ1) is 11.5. The smallest absolute Gasteiger partial charge is 0.178 e. The number of phenols is 1. The molecular formula is C16H23N3O4S. The zero-order valence-electron chi connectivity index (χ0n) is 13.7. The van der Waals surface area contributed by atoms with Crippen molar-refractivity contribution in [3.63, 3.8) is 0 Å². The molecule has 0 aliphatic carbocycles. The van der Waals surface area contributed by atoms with Crippen molar-refractivity contribution in [2.75, 3.05) is 42.9 Å². The van der Waals surface area contributed by atoms with E-state index in [0.717, 1.165) is 44.0 Å². The van der Waals surface area contributed by atoms with Crippen molar-refractivity contribution < 1.29 is 19.2 Å². The molecule has 2 saturated heterocycles. The molecule has 2 atom stereocenters. The summed E-state index contributed by atoms with van der Waals surface area (Å²) in [5.74, 6) is -0.0200. The fourth-order valence-electron chi connectivity index (χ4n) is 3.12. The highest BCUT2D eigenvalue weighted by Crippen LogP contribution is 2.35. The second-order valence-electron chi connectivity index (χ2n) is 6.27. The first-order valence-corrected chi connectivity index (χ1v) is 9.30. The molecule has 8 heteroatoms. The minimum absolute atomic E-state index is 0.0367. The van der Waals surface area contributed by atoms with E-state index in [4.69, 9.17) is 10.5 Å². The molecule has 24 heavy (non-hydrogen) atoms. The summed E-state index contributed by atoms with van der Waals surface area (Å²) in [6, 6.07) is 2.97. The average molecular weight is 353 g/mol. The standard InChI is InChI=1S/C16H23N3O4S/c1-11-6-12(8-18-2-4-23-5-3-18)7-14(20)16(11)19-9-15(21)13(17)10-24(19)22/h6-7,13,20H,2-5,8-10,17H2,1H3/t13-,24?/m0/s1. The lowest BCUT2D eigenvalue weighted by Crippen LogP contribution is -2.54. The van der Waals surface area contributed by atoms with Gasteiger partial charge in [0.1, 0.15) is 24.0 Å². The quantitative estimate of drug-likeness (QED) is 0.732. The van der Waals surface area contributed by atoms with Gasteiger partial charge in [-0.2, -0.15) is 4.31 Å². The second-order valence-corrected chi connectivity index (χ2v) is 7.68. The number of rotatable bonds is 3. The van der Waals surface area contributed by atoms with Gasteiger partial charge in [-0.1, -0.05) is 6.07 Å². The Labute approximate surface area is 144 Å². The molecule has 2 fully saturated rings. The SMILES string of the molecule is Cc1cc(CN2CCOCC2)cc(O)c1N1CC(=O)[C@@H](N)C[S+]1[O-]. The highest BCUT2D eigenvalue weighted by atomic mass is 32.2. The number of benzene rings is 1. The zero-order chi connectivity index (χ0) is 17.3. The molecule has 2 aliphatic heterocycles. The van der Waals surface area contributed by atoms with Gasteiger partial charge < -0.3 is 20.1 Å². The van der Waals surface area contributed by atoms with Crippen molar-refractivity contribution in [2.45, 2.75) is 19.5 Å². The monoisotopic (exact) mass is 353 g/mol. The molecule has 7 nitrogen and oxygen atoms in total. The molecule has 3 rings (SSSR count). The van der Waals surface area contributed by atoms with Crippen molar-refractivity contribution in [2.24, 2.45) is 5.73 Å². The van der Waals surface area contributed by atoms with Crippen LogP contribution in [0.2, 0.25) is 0 Å². The zero-order valence-corrected chi connectivity index (χ0v) is 14.6. The van der Waals surface area contributed by atoms with Gasteiger partial charge in [0.15, 0.2) is 11.5 Å². The summed E-state index contributed by atoms with van der Waals surface area (Å²) in [6.45, 7) is 5.72. The van der Waals surface area contributed by atoms with E-state index in [1.807, 2.05) is 13.0 Å². The maximum Gasteiger partial charge on any atom is 0.178 e. The predicted molar refractivity (Wildman–Crippen MR) is 92.3 cm³/mol. The summed E-state index contributed by atoms with van der Waals surface area (Å²) in [5, 5.41) is 10.5. The molecule has 1 aromatic rings. The topological polar surface area (TPSA) is 102 Å². The van der Waals surface area contributed by atoms with E-state index in [9.17, 15) is 14.5 Å². The van der Waals surface area contributed by atoms with E-state index in [-0.39, 0.29) is 23.8 Å². The Morgan fingerprint density at radius 1 is 1.42 bits per heavy atom. The van der Waals surface area contributed by atoms with Gasteiger partial charge in [-0.05, 0) is 24.1 Å². The third kappa shape index (κ3) is 3.68. The molecular weight excluding hydrogens is 330 g/mol. The molecule has 1 aromatic carbocycles. The second kappa shape index (κ2) is 7.28. The van der Waals surface area contributed by atoms with Crippen LogP contribution in [0.1, 0.15) is 11.1 Å². The number of morpholine rings is 1. The van der Waals surface area contributed by atoms with Crippen molar-refractivity contribution in [1.29, 1.82) is 0 Å². The summed E-state index contributed by atoms with van der Waals surface area (Å²) in [4.78, 5) is 14.1. The number of nitrogens with two attached hydrogens (primary N) is 1. The Hall–Kier alpha value is -1.32. The highest BCUT2D eigenvalue weighted by Gasteiger charge is 2.37. The van der Waals surface area contributed by atoms with Gasteiger partial charge >= 0.3 is 0 Å². The van der Waals surface area contributed by atoms with Gasteiger partial charge in [-0.25, -0.2) is 0 Å². The molecule has 0 spiro atoms. The van der Waals surface area contributed by atoms with Crippen LogP contribution in [0.3, 0.4) is 0 Å². The predicted octanol–water partition coefficient (Wildman–Crippen LogP) is -0.0871. The molecule has 2 heterocycles. The van der Waals surface area contributed by atoms with E-state index in [1.54, 1.807) is 6.07 Å². The maximum atomic E-state index is 12.3. The summed E-state index contributed by atoms with van der Waals surface area (Å²) in [7, 11) is 0. The Morgan fingerprint density at radius 3 is 2.79 bits per heavy atom. The number of hydrogen-bond acceptors (Lipinski definition) is 7. The number of carbonyl (C=O) groups is 1. The fraction of sp³-hybridized carbons (Fsp3) is 0.562. The lowest BCUT2D eigenvalue weighted by Gasteiger charge is -2.33. The Kier molecular flexibility index (Phi) is 5.31. The number of aryl methyl sites for hydroxylation is 1. The number of anilines is 1. The molecule has 0 bridgehead atoms. The van der Waals surface area contributed by atoms with Crippen LogP contribution in [0, 0.1) is 6.92 Å². The summed E-state index contributed by atoms with van der Waals surface area (Å²) in [5.41, 5.74) is 7.91. The molecule has 132 valence electrons. The molecule has 0 radical (unpaired) electrons. The number of nitrogens with zero attached hydrogens (tertiary/aromatic N) is 2. The maximum absolute atomic E-state index is 12.3. The molecule has 0 amide bonds. The lowest BCUT2D eigenvalue weighted by atomic mass is 10.1. The molecule has 0 aromatic heterocycles. The first kappa shape index (κ1) is 17.5. The Bertz CT molecular complexity index is 598. The van der Waals surface area contributed by atoms with Crippen LogP contribution in [0.15, 0.2) is 12.1 Å². The lowest BCUT2D eigenvalue weighted by molar-refractivity contribution is -0.118. The van der Waals surface area contributed by atoms with Gasteiger partial charge in [0.2, 0.25) is 0 Å². The van der Waals surface area contributed by atoms with Crippen molar-refractivity contribution in [3.8, 4) is 5.75 Å². The number of carbonyl (C=O) groups excluding carboxylic acids is 1. The molecule has 0 saturated carbocycles. The third-order valence-electron chi connectivity index (χ3n) is 4.38. The van der Waals surface area contributed by atoms with Crippen LogP contribution in [0.5, 0.6) is 5.75 Å². The molecule has 3 N–H and O–H groups in total. The summed E-state index contributed by atoms with van der Waals surface area (Å²) in [6.07, 6.45) is 0. The van der Waals surface area contributed by atoms with Crippen LogP contribution in [-0.4, -0.2) is 65.0 Å². The van der Waals surface area contributed by atoms with Crippen LogP contribution >= 0.6 is 0 Å². The summed E-state index contributed by atoms with van der Waals surface area (Å²) >= 11 is -1.41. The number of ether oxygens (including phenoxy) is 1. The number of hydrogen-bond donors (Lipinski definition) is 2. The minimum atomic E-state index is -1.41. The van der Waals surface area contributed by atoms with Crippen molar-refractivity contribution >= 4 is 22.8 Å². The molecule has 2 aliphatic rings. The first-order valence-electron chi connectivity index (χ1n) is 8.02. The van der Waals surface area contributed by atoms with E-state index in [2.05, 4.69) is 4.90 Å². The van der Waals surface area contributed by atoms with Gasteiger partial charge in [0.05, 0.1) is 24.6 Å². The van der Waals surface area contributed by atoms with Crippen LogP contribution in [0.4, 0.5) is 5.69 Å². The van der Waals surface area contributed by atoms with Crippen LogP contribution < -0.4 is 10.0 Å². The normalized spacial score (nSPS) is 26.0. The van der Waals surface area contributed by atoms with Gasteiger partial charge in [-0.15, -0.1) is 0 Å². The van der Waals surface area contributed by atoms with E-state index in [0.29, 0.717) is 5.69 Å². The minimum Gasteiger partial charge on any atom is -0.593 e. The van der Waals surface area contributed by atoms with Crippen LogP contribution in [-0.2, 0) is 27.4 Å².